The maximum atomic E-state index is 13.1. The molecule has 1 aromatic carbocycles. The Hall–Kier alpha value is -2.86. The number of aromatic nitrogens is 4. The smallest absolute Gasteiger partial charge is 0.378 e. The molecule has 4 rings (SSSR count). The first-order valence-electron chi connectivity index (χ1n) is 8.46. The van der Waals surface area contributed by atoms with Crippen molar-refractivity contribution in [3.8, 4) is 0 Å². The second-order valence-electron chi connectivity index (χ2n) is 6.28. The molecule has 0 atom stereocenters. The van der Waals surface area contributed by atoms with Gasteiger partial charge in [0.25, 0.3) is 5.91 Å². The number of aryl methyl sites for hydroxylation is 1. The highest BCUT2D eigenvalue weighted by molar-refractivity contribution is 6.35. The number of halogens is 4. The first kappa shape index (κ1) is 19.5. The lowest BCUT2D eigenvalue weighted by Crippen LogP contribution is -2.36. The number of ether oxygens (including phenoxy) is 1. The van der Waals surface area contributed by atoms with Crippen LogP contribution in [0.25, 0.3) is 11.0 Å². The summed E-state index contributed by atoms with van der Waals surface area (Å²) in [6.07, 6.45) is -4.75. The standard InChI is InChI=1S/C16H14ClF3N6O3/c1-25-14(16(18,19)20)10(17)13(22-25)15(27)21-8-2-3-9(12-11(8)23-29-24-12)26-4-6-28-7-5-26/h2-3H,4-7H2,1H3,(H,21,27). The third kappa shape index (κ3) is 3.49. The molecule has 0 saturated carbocycles. The van der Waals surface area contributed by atoms with Crippen LogP contribution in [0.5, 0.6) is 0 Å². The number of amides is 1. The number of hydrogen-bond donors (Lipinski definition) is 1. The molecule has 1 aliphatic heterocycles. The predicted molar refractivity (Wildman–Crippen MR) is 96.0 cm³/mol. The van der Waals surface area contributed by atoms with Crippen molar-refractivity contribution in [3.05, 3.63) is 28.5 Å². The summed E-state index contributed by atoms with van der Waals surface area (Å²) >= 11 is 5.77. The van der Waals surface area contributed by atoms with E-state index in [4.69, 9.17) is 21.0 Å². The Balaban J connectivity index is 1.65. The minimum absolute atomic E-state index is 0.207. The first-order valence-corrected chi connectivity index (χ1v) is 8.84. The number of carbonyl (C=O) groups is 1. The van der Waals surface area contributed by atoms with E-state index in [1.54, 1.807) is 12.1 Å². The molecule has 1 N–H and O–H groups in total. The number of fused-ring (bicyclic) bond motifs is 1. The van der Waals surface area contributed by atoms with E-state index in [0.29, 0.717) is 36.5 Å². The fraction of sp³-hybridized carbons (Fsp3) is 0.375. The summed E-state index contributed by atoms with van der Waals surface area (Å²) in [7, 11) is 1.06. The Morgan fingerprint density at radius 1 is 1.21 bits per heavy atom. The summed E-state index contributed by atoms with van der Waals surface area (Å²) in [5.74, 6) is -0.912. The van der Waals surface area contributed by atoms with Gasteiger partial charge in [0.2, 0.25) is 0 Å². The van der Waals surface area contributed by atoms with Crippen molar-refractivity contribution >= 4 is 39.9 Å². The number of nitrogens with zero attached hydrogens (tertiary/aromatic N) is 5. The number of anilines is 2. The SMILES string of the molecule is Cn1nc(C(=O)Nc2ccc(N3CCOCC3)c3nonc23)c(Cl)c1C(F)(F)F. The zero-order chi connectivity index (χ0) is 20.8. The van der Waals surface area contributed by atoms with E-state index < -0.39 is 28.5 Å². The van der Waals surface area contributed by atoms with E-state index >= 15 is 0 Å². The molecule has 0 aliphatic carbocycles. The number of alkyl halides is 3. The number of hydrogen-bond acceptors (Lipinski definition) is 7. The number of rotatable bonds is 3. The van der Waals surface area contributed by atoms with Gasteiger partial charge in [-0.1, -0.05) is 11.6 Å². The summed E-state index contributed by atoms with van der Waals surface area (Å²) < 4.78 is 49.9. The molecule has 1 saturated heterocycles. The Morgan fingerprint density at radius 2 is 1.90 bits per heavy atom. The number of carbonyl (C=O) groups excluding carboxylic acids is 1. The van der Waals surface area contributed by atoms with Gasteiger partial charge in [-0.05, 0) is 22.4 Å². The molecule has 1 amide bonds. The number of nitrogens with one attached hydrogen (secondary N) is 1. The van der Waals surface area contributed by atoms with Crippen LogP contribution in [0.4, 0.5) is 24.5 Å². The number of benzene rings is 1. The minimum atomic E-state index is -4.75. The van der Waals surface area contributed by atoms with E-state index in [0.717, 1.165) is 12.7 Å². The zero-order valence-corrected chi connectivity index (χ0v) is 15.7. The highest BCUT2D eigenvalue weighted by Crippen LogP contribution is 2.36. The van der Waals surface area contributed by atoms with Crippen LogP contribution in [0.2, 0.25) is 5.02 Å². The van der Waals surface area contributed by atoms with E-state index in [2.05, 4.69) is 20.7 Å². The topological polar surface area (TPSA) is 98.3 Å². The van der Waals surface area contributed by atoms with Gasteiger partial charge < -0.3 is 15.0 Å². The molecule has 29 heavy (non-hydrogen) atoms. The molecule has 154 valence electrons. The maximum Gasteiger partial charge on any atom is 0.434 e. The third-order valence-electron chi connectivity index (χ3n) is 4.47. The maximum absolute atomic E-state index is 13.1. The molecule has 3 aromatic rings. The fourth-order valence-electron chi connectivity index (χ4n) is 3.15. The van der Waals surface area contributed by atoms with Crippen molar-refractivity contribution < 1.29 is 27.3 Å². The Bertz CT molecular complexity index is 1070. The highest BCUT2D eigenvalue weighted by Gasteiger charge is 2.40. The van der Waals surface area contributed by atoms with Crippen LogP contribution < -0.4 is 10.2 Å². The molecular formula is C16H14ClF3N6O3. The van der Waals surface area contributed by atoms with Gasteiger partial charge in [0, 0.05) is 20.1 Å². The van der Waals surface area contributed by atoms with E-state index in [1.165, 1.54) is 0 Å². The molecular weight excluding hydrogens is 417 g/mol. The molecule has 1 aliphatic rings. The van der Waals surface area contributed by atoms with Crippen molar-refractivity contribution in [1.29, 1.82) is 0 Å². The van der Waals surface area contributed by atoms with Crippen LogP contribution in [-0.2, 0) is 18.0 Å². The Labute approximate surface area is 166 Å². The van der Waals surface area contributed by atoms with Gasteiger partial charge in [0.1, 0.15) is 5.02 Å². The van der Waals surface area contributed by atoms with E-state index in [1.807, 2.05) is 4.90 Å². The Morgan fingerprint density at radius 3 is 2.55 bits per heavy atom. The van der Waals surface area contributed by atoms with Gasteiger partial charge in [-0.25, -0.2) is 4.63 Å². The van der Waals surface area contributed by atoms with Gasteiger partial charge in [-0.3, -0.25) is 9.48 Å². The summed E-state index contributed by atoms with van der Waals surface area (Å²) in [6, 6.07) is 3.28. The van der Waals surface area contributed by atoms with Gasteiger partial charge in [0.15, 0.2) is 22.4 Å². The van der Waals surface area contributed by atoms with Crippen molar-refractivity contribution in [3.63, 3.8) is 0 Å². The second-order valence-corrected chi connectivity index (χ2v) is 6.66. The van der Waals surface area contributed by atoms with Crippen LogP contribution in [0, 0.1) is 0 Å². The molecule has 3 heterocycles. The average molecular weight is 431 g/mol. The molecule has 0 spiro atoms. The van der Waals surface area contributed by atoms with Crippen LogP contribution in [0.1, 0.15) is 16.2 Å². The van der Waals surface area contributed by atoms with Gasteiger partial charge in [0.05, 0.1) is 24.6 Å². The fourth-order valence-corrected chi connectivity index (χ4v) is 3.50. The first-order chi connectivity index (χ1) is 13.8. The van der Waals surface area contributed by atoms with Crippen LogP contribution in [-0.4, -0.2) is 52.3 Å². The van der Waals surface area contributed by atoms with Crippen molar-refractivity contribution in [2.45, 2.75) is 6.18 Å². The second kappa shape index (κ2) is 7.19. The summed E-state index contributed by atoms with van der Waals surface area (Å²) in [6.45, 7) is 2.42. The minimum Gasteiger partial charge on any atom is -0.378 e. The van der Waals surface area contributed by atoms with Crippen molar-refractivity contribution in [2.75, 3.05) is 36.5 Å². The van der Waals surface area contributed by atoms with Gasteiger partial charge in [-0.15, -0.1) is 0 Å². The monoisotopic (exact) mass is 430 g/mol. The lowest BCUT2D eigenvalue weighted by atomic mass is 10.2. The van der Waals surface area contributed by atoms with Crippen LogP contribution >= 0.6 is 11.6 Å². The largest absolute Gasteiger partial charge is 0.434 e. The van der Waals surface area contributed by atoms with E-state index in [-0.39, 0.29) is 11.2 Å². The normalized spacial score (nSPS) is 15.1. The highest BCUT2D eigenvalue weighted by atomic mass is 35.5. The van der Waals surface area contributed by atoms with Gasteiger partial charge in [-0.2, -0.15) is 18.3 Å². The summed E-state index contributed by atoms with van der Waals surface area (Å²) in [4.78, 5) is 14.6. The van der Waals surface area contributed by atoms with Crippen molar-refractivity contribution in [2.24, 2.45) is 7.05 Å². The molecule has 1 fully saturated rings. The lowest BCUT2D eigenvalue weighted by molar-refractivity contribution is -0.143. The van der Waals surface area contributed by atoms with E-state index in [9.17, 15) is 18.0 Å². The van der Waals surface area contributed by atoms with Gasteiger partial charge >= 0.3 is 6.18 Å². The molecule has 0 radical (unpaired) electrons. The zero-order valence-electron chi connectivity index (χ0n) is 15.0. The van der Waals surface area contributed by atoms with Crippen LogP contribution in [0.3, 0.4) is 0 Å². The number of morpholine rings is 1. The molecule has 0 unspecified atom stereocenters. The summed E-state index contributed by atoms with van der Waals surface area (Å²) in [5.41, 5.74) is -0.141. The van der Waals surface area contributed by atoms with Crippen LogP contribution in [0.15, 0.2) is 16.8 Å². The molecule has 0 bridgehead atoms. The molecule has 13 heteroatoms. The molecule has 2 aromatic heterocycles. The third-order valence-corrected chi connectivity index (χ3v) is 4.83. The Kier molecular flexibility index (Phi) is 4.82. The summed E-state index contributed by atoms with van der Waals surface area (Å²) in [5, 5.41) is 13.0. The predicted octanol–water partition coefficient (Wildman–Crippen LogP) is 2.72. The molecule has 9 nitrogen and oxygen atoms in total. The lowest BCUT2D eigenvalue weighted by Gasteiger charge is -2.28. The average Bonchev–Trinajstić information content (AvgIpc) is 3.27. The quantitative estimate of drug-likeness (QED) is 0.682. The van der Waals surface area contributed by atoms with Crippen molar-refractivity contribution in [1.82, 2.24) is 20.1 Å².